The van der Waals surface area contributed by atoms with Crippen LogP contribution in [0.3, 0.4) is 0 Å². The molecule has 0 saturated heterocycles. The molecule has 0 fully saturated rings. The SMILES string of the molecule is Cc1cc(C)n2ncc(C(=O)CCc3ccco3)c2n1. The first-order valence-electron chi connectivity index (χ1n) is 6.53. The normalized spacial score (nSPS) is 11.1. The lowest BCUT2D eigenvalue weighted by Gasteiger charge is -2.02. The summed E-state index contributed by atoms with van der Waals surface area (Å²) in [4.78, 5) is 16.7. The van der Waals surface area contributed by atoms with E-state index in [-0.39, 0.29) is 5.78 Å². The van der Waals surface area contributed by atoms with Crippen LogP contribution in [0.15, 0.2) is 35.1 Å². The summed E-state index contributed by atoms with van der Waals surface area (Å²) in [6, 6.07) is 5.64. The van der Waals surface area contributed by atoms with Crippen LogP contribution in [-0.4, -0.2) is 20.4 Å². The van der Waals surface area contributed by atoms with Gasteiger partial charge >= 0.3 is 0 Å². The molecule has 0 aliphatic rings. The molecule has 20 heavy (non-hydrogen) atoms. The van der Waals surface area contributed by atoms with Crippen LogP contribution in [0.5, 0.6) is 0 Å². The molecule has 0 saturated carbocycles. The first-order valence-corrected chi connectivity index (χ1v) is 6.53. The zero-order valence-corrected chi connectivity index (χ0v) is 11.5. The number of nitrogens with zero attached hydrogens (tertiary/aromatic N) is 3. The summed E-state index contributed by atoms with van der Waals surface area (Å²) in [5, 5.41) is 4.24. The standard InChI is InChI=1S/C15H15N3O2/c1-10-8-11(2)18-15(17-10)13(9-16-18)14(19)6-5-12-4-3-7-20-12/h3-4,7-9H,5-6H2,1-2H3. The van der Waals surface area contributed by atoms with Crippen molar-refractivity contribution < 1.29 is 9.21 Å². The van der Waals surface area contributed by atoms with Crippen molar-refractivity contribution in [2.24, 2.45) is 0 Å². The number of Topliss-reactive ketones (excluding diaryl/α,β-unsaturated/α-hetero) is 1. The summed E-state index contributed by atoms with van der Waals surface area (Å²) >= 11 is 0. The molecule has 0 unspecified atom stereocenters. The molecule has 5 nitrogen and oxygen atoms in total. The van der Waals surface area contributed by atoms with Gasteiger partial charge in [0, 0.05) is 24.2 Å². The third-order valence-electron chi connectivity index (χ3n) is 3.26. The molecule has 0 atom stereocenters. The number of ketones is 1. The largest absolute Gasteiger partial charge is 0.469 e. The first kappa shape index (κ1) is 12.6. The average molecular weight is 269 g/mol. The van der Waals surface area contributed by atoms with Crippen LogP contribution in [-0.2, 0) is 6.42 Å². The Morgan fingerprint density at radius 1 is 1.40 bits per heavy atom. The van der Waals surface area contributed by atoms with E-state index < -0.39 is 0 Å². The molecule has 0 N–H and O–H groups in total. The number of hydrogen-bond donors (Lipinski definition) is 0. The second-order valence-electron chi connectivity index (χ2n) is 4.84. The van der Waals surface area contributed by atoms with E-state index in [0.717, 1.165) is 17.1 Å². The van der Waals surface area contributed by atoms with E-state index in [9.17, 15) is 4.79 Å². The van der Waals surface area contributed by atoms with Crippen molar-refractivity contribution in [1.82, 2.24) is 14.6 Å². The molecule has 5 heteroatoms. The molecule has 0 spiro atoms. The molecule has 102 valence electrons. The lowest BCUT2D eigenvalue weighted by Crippen LogP contribution is -2.03. The Labute approximate surface area is 116 Å². The topological polar surface area (TPSA) is 60.4 Å². The quantitative estimate of drug-likeness (QED) is 0.683. The van der Waals surface area contributed by atoms with Crippen molar-refractivity contribution in [3.63, 3.8) is 0 Å². The summed E-state index contributed by atoms with van der Waals surface area (Å²) in [6.07, 6.45) is 4.19. The van der Waals surface area contributed by atoms with Crippen LogP contribution < -0.4 is 0 Å². The van der Waals surface area contributed by atoms with Gasteiger partial charge in [-0.1, -0.05) is 0 Å². The molecule has 0 aliphatic heterocycles. The molecular formula is C15H15N3O2. The predicted molar refractivity (Wildman–Crippen MR) is 73.8 cm³/mol. The van der Waals surface area contributed by atoms with Crippen molar-refractivity contribution >= 4 is 11.4 Å². The minimum absolute atomic E-state index is 0.0360. The second-order valence-corrected chi connectivity index (χ2v) is 4.84. The van der Waals surface area contributed by atoms with Gasteiger partial charge < -0.3 is 4.42 Å². The number of aryl methyl sites for hydroxylation is 3. The van der Waals surface area contributed by atoms with Gasteiger partial charge in [-0.25, -0.2) is 9.50 Å². The zero-order chi connectivity index (χ0) is 14.1. The lowest BCUT2D eigenvalue weighted by atomic mass is 10.1. The van der Waals surface area contributed by atoms with E-state index in [0.29, 0.717) is 24.1 Å². The fourth-order valence-corrected chi connectivity index (χ4v) is 2.29. The van der Waals surface area contributed by atoms with Gasteiger partial charge in [0.05, 0.1) is 18.0 Å². The number of hydrogen-bond acceptors (Lipinski definition) is 4. The summed E-state index contributed by atoms with van der Waals surface area (Å²) in [6.45, 7) is 3.86. The number of aromatic nitrogens is 3. The Bertz CT molecular complexity index is 757. The summed E-state index contributed by atoms with van der Waals surface area (Å²) in [7, 11) is 0. The average Bonchev–Trinajstić information content (AvgIpc) is 3.04. The third-order valence-corrected chi connectivity index (χ3v) is 3.26. The van der Waals surface area contributed by atoms with Crippen LogP contribution in [0.25, 0.3) is 5.65 Å². The Kier molecular flexibility index (Phi) is 3.10. The molecule has 3 aromatic rings. The smallest absolute Gasteiger partial charge is 0.168 e. The van der Waals surface area contributed by atoms with Crippen LogP contribution in [0.4, 0.5) is 0 Å². The van der Waals surface area contributed by atoms with E-state index >= 15 is 0 Å². The number of furan rings is 1. The molecule has 0 amide bonds. The van der Waals surface area contributed by atoms with Crippen molar-refractivity contribution in [3.05, 3.63) is 53.4 Å². The Hall–Kier alpha value is -2.43. The summed E-state index contributed by atoms with van der Waals surface area (Å²) in [5.41, 5.74) is 3.06. The zero-order valence-electron chi connectivity index (χ0n) is 11.5. The van der Waals surface area contributed by atoms with Crippen LogP contribution >= 0.6 is 0 Å². The van der Waals surface area contributed by atoms with Gasteiger partial charge in [0.15, 0.2) is 11.4 Å². The van der Waals surface area contributed by atoms with E-state index in [1.165, 1.54) is 0 Å². The third kappa shape index (κ3) is 2.22. The first-order chi connectivity index (χ1) is 9.65. The van der Waals surface area contributed by atoms with E-state index in [2.05, 4.69) is 10.1 Å². The highest BCUT2D eigenvalue weighted by Gasteiger charge is 2.15. The van der Waals surface area contributed by atoms with E-state index in [1.807, 2.05) is 32.0 Å². The molecule has 3 heterocycles. The number of fused-ring (bicyclic) bond motifs is 1. The maximum atomic E-state index is 12.3. The molecule has 0 aliphatic carbocycles. The van der Waals surface area contributed by atoms with Crippen LogP contribution in [0, 0.1) is 13.8 Å². The van der Waals surface area contributed by atoms with Gasteiger partial charge in [-0.3, -0.25) is 4.79 Å². The Balaban J connectivity index is 1.88. The van der Waals surface area contributed by atoms with Crippen molar-refractivity contribution in [1.29, 1.82) is 0 Å². The fraction of sp³-hybridized carbons (Fsp3) is 0.267. The summed E-state index contributed by atoms with van der Waals surface area (Å²) < 4.78 is 6.94. The highest BCUT2D eigenvalue weighted by molar-refractivity contribution is 6.01. The number of carbonyl (C=O) groups is 1. The highest BCUT2D eigenvalue weighted by Crippen LogP contribution is 2.15. The van der Waals surface area contributed by atoms with Crippen molar-refractivity contribution in [2.75, 3.05) is 0 Å². The van der Waals surface area contributed by atoms with E-state index in [4.69, 9.17) is 4.42 Å². The van der Waals surface area contributed by atoms with Crippen molar-refractivity contribution in [2.45, 2.75) is 26.7 Å². The number of carbonyl (C=O) groups excluding carboxylic acids is 1. The molecule has 0 bridgehead atoms. The Morgan fingerprint density at radius 2 is 2.25 bits per heavy atom. The van der Waals surface area contributed by atoms with Gasteiger partial charge in [-0.15, -0.1) is 0 Å². The maximum Gasteiger partial charge on any atom is 0.168 e. The molecular weight excluding hydrogens is 254 g/mol. The molecule has 3 rings (SSSR count). The predicted octanol–water partition coefficient (Wildman–Crippen LogP) is 2.75. The van der Waals surface area contributed by atoms with Gasteiger partial charge in [-0.2, -0.15) is 5.10 Å². The minimum Gasteiger partial charge on any atom is -0.469 e. The molecule has 0 radical (unpaired) electrons. The van der Waals surface area contributed by atoms with Crippen LogP contribution in [0.1, 0.15) is 33.9 Å². The van der Waals surface area contributed by atoms with E-state index in [1.54, 1.807) is 17.0 Å². The van der Waals surface area contributed by atoms with Gasteiger partial charge in [0.1, 0.15) is 5.76 Å². The Morgan fingerprint density at radius 3 is 3.00 bits per heavy atom. The fourth-order valence-electron chi connectivity index (χ4n) is 2.29. The van der Waals surface area contributed by atoms with Gasteiger partial charge in [0.2, 0.25) is 0 Å². The number of rotatable bonds is 4. The molecule has 0 aromatic carbocycles. The maximum absolute atomic E-state index is 12.3. The minimum atomic E-state index is 0.0360. The summed E-state index contributed by atoms with van der Waals surface area (Å²) in [5.74, 6) is 0.851. The van der Waals surface area contributed by atoms with Crippen LogP contribution in [0.2, 0.25) is 0 Å². The van der Waals surface area contributed by atoms with Crippen molar-refractivity contribution in [3.8, 4) is 0 Å². The lowest BCUT2D eigenvalue weighted by molar-refractivity contribution is 0.0982. The highest BCUT2D eigenvalue weighted by atomic mass is 16.3. The van der Waals surface area contributed by atoms with Gasteiger partial charge in [-0.05, 0) is 32.0 Å². The monoisotopic (exact) mass is 269 g/mol. The molecule has 3 aromatic heterocycles. The van der Waals surface area contributed by atoms with Gasteiger partial charge in [0.25, 0.3) is 0 Å². The second kappa shape index (κ2) is 4.92.